The Morgan fingerprint density at radius 3 is 2.69 bits per heavy atom. The molecule has 1 fully saturated rings. The smallest absolute Gasteiger partial charge is 0.177 e. The zero-order valence-electron chi connectivity index (χ0n) is 8.24. The second-order valence-electron chi connectivity index (χ2n) is 3.07. The van der Waals surface area contributed by atoms with E-state index in [2.05, 4.69) is 13.0 Å². The van der Waals surface area contributed by atoms with Crippen molar-refractivity contribution in [3.05, 3.63) is 24.3 Å². The Labute approximate surface area is 80.2 Å². The van der Waals surface area contributed by atoms with Crippen molar-refractivity contribution in [2.75, 3.05) is 13.2 Å². The molecule has 1 heterocycles. The van der Waals surface area contributed by atoms with Crippen LogP contribution < -0.4 is 0 Å². The molecule has 13 heavy (non-hydrogen) atoms. The average molecular weight is 182 g/mol. The lowest BCUT2D eigenvalue weighted by atomic mass is 10.3. The maximum absolute atomic E-state index is 5.34. The maximum atomic E-state index is 5.34. The van der Waals surface area contributed by atoms with Crippen molar-refractivity contribution >= 4 is 0 Å². The van der Waals surface area contributed by atoms with Crippen molar-refractivity contribution in [1.29, 1.82) is 0 Å². The van der Waals surface area contributed by atoms with E-state index in [1.165, 1.54) is 6.42 Å². The molecule has 0 N–H and O–H groups in total. The lowest BCUT2D eigenvalue weighted by molar-refractivity contribution is -0.149. The molecule has 0 amide bonds. The van der Waals surface area contributed by atoms with E-state index in [9.17, 15) is 0 Å². The number of allylic oxidation sites excluding steroid dienone is 3. The minimum Gasteiger partial charge on any atom is -0.349 e. The Hall–Kier alpha value is -0.600. The van der Waals surface area contributed by atoms with Crippen molar-refractivity contribution < 1.29 is 9.47 Å². The Morgan fingerprint density at radius 1 is 1.23 bits per heavy atom. The molecule has 0 aromatic carbocycles. The molecule has 0 bridgehead atoms. The van der Waals surface area contributed by atoms with Crippen LogP contribution in [-0.2, 0) is 9.47 Å². The van der Waals surface area contributed by atoms with Gasteiger partial charge >= 0.3 is 0 Å². The van der Waals surface area contributed by atoms with Crippen molar-refractivity contribution in [3.63, 3.8) is 0 Å². The molecule has 1 rings (SSSR count). The van der Waals surface area contributed by atoms with Gasteiger partial charge in [0, 0.05) is 0 Å². The first-order valence-electron chi connectivity index (χ1n) is 5.00. The fraction of sp³-hybridized carbons (Fsp3) is 0.636. The van der Waals surface area contributed by atoms with Gasteiger partial charge in [-0.05, 0) is 18.9 Å². The van der Waals surface area contributed by atoms with Gasteiger partial charge in [0.05, 0.1) is 13.2 Å². The van der Waals surface area contributed by atoms with Crippen molar-refractivity contribution in [2.24, 2.45) is 0 Å². The molecule has 2 nitrogen and oxygen atoms in total. The van der Waals surface area contributed by atoms with Crippen molar-refractivity contribution in [2.45, 2.75) is 32.5 Å². The van der Waals surface area contributed by atoms with E-state index in [1.807, 2.05) is 18.2 Å². The molecule has 0 spiro atoms. The number of rotatable bonds is 4. The summed E-state index contributed by atoms with van der Waals surface area (Å²) >= 11 is 0. The summed E-state index contributed by atoms with van der Waals surface area (Å²) in [7, 11) is 0. The van der Waals surface area contributed by atoms with Gasteiger partial charge < -0.3 is 9.47 Å². The van der Waals surface area contributed by atoms with E-state index in [0.717, 1.165) is 26.1 Å². The number of ether oxygens (including phenoxy) is 2. The fourth-order valence-corrected chi connectivity index (χ4v) is 1.11. The third-order valence-corrected chi connectivity index (χ3v) is 1.82. The minimum atomic E-state index is -0.125. The molecule has 1 saturated heterocycles. The van der Waals surface area contributed by atoms with Crippen LogP contribution in [0, 0.1) is 0 Å². The van der Waals surface area contributed by atoms with Crippen LogP contribution in [0.15, 0.2) is 24.3 Å². The highest BCUT2D eigenvalue weighted by atomic mass is 16.7. The number of unbranched alkanes of at least 4 members (excludes halogenated alkanes) is 1. The molecular formula is C11H18O2. The zero-order chi connectivity index (χ0) is 9.36. The molecule has 0 aliphatic carbocycles. The lowest BCUT2D eigenvalue weighted by Crippen LogP contribution is -2.22. The standard InChI is InChI=1S/C11H18O2/c1-2-3-4-5-6-8-11-12-9-7-10-13-11/h4-6,8,11H,2-3,7,9-10H2,1H3/b5-4+,8-6+. The third kappa shape index (κ3) is 4.86. The highest BCUT2D eigenvalue weighted by molar-refractivity contribution is 5.03. The van der Waals surface area contributed by atoms with E-state index in [1.54, 1.807) is 0 Å². The van der Waals surface area contributed by atoms with Gasteiger partial charge in [-0.2, -0.15) is 0 Å². The van der Waals surface area contributed by atoms with Crippen LogP contribution in [0.4, 0.5) is 0 Å². The first-order chi connectivity index (χ1) is 6.43. The molecule has 74 valence electrons. The molecule has 0 aromatic heterocycles. The van der Waals surface area contributed by atoms with Crippen LogP contribution in [0.2, 0.25) is 0 Å². The summed E-state index contributed by atoms with van der Waals surface area (Å²) in [4.78, 5) is 0. The monoisotopic (exact) mass is 182 g/mol. The molecule has 0 saturated carbocycles. The number of hydrogen-bond donors (Lipinski definition) is 0. The summed E-state index contributed by atoms with van der Waals surface area (Å²) in [5, 5.41) is 0. The fourth-order valence-electron chi connectivity index (χ4n) is 1.11. The molecular weight excluding hydrogens is 164 g/mol. The van der Waals surface area contributed by atoms with Crippen LogP contribution in [-0.4, -0.2) is 19.5 Å². The van der Waals surface area contributed by atoms with E-state index < -0.39 is 0 Å². The second-order valence-corrected chi connectivity index (χ2v) is 3.07. The Kier molecular flexibility index (Phi) is 5.54. The van der Waals surface area contributed by atoms with Gasteiger partial charge in [-0.3, -0.25) is 0 Å². The predicted molar refractivity (Wildman–Crippen MR) is 53.5 cm³/mol. The van der Waals surface area contributed by atoms with Gasteiger partial charge in [0.25, 0.3) is 0 Å². The predicted octanol–water partition coefficient (Wildman–Crippen LogP) is 2.66. The van der Waals surface area contributed by atoms with Gasteiger partial charge in [-0.1, -0.05) is 31.6 Å². The minimum absolute atomic E-state index is 0.125. The van der Waals surface area contributed by atoms with Gasteiger partial charge in [-0.15, -0.1) is 0 Å². The summed E-state index contributed by atoms with van der Waals surface area (Å²) < 4.78 is 10.7. The van der Waals surface area contributed by atoms with Gasteiger partial charge in [0.2, 0.25) is 0 Å². The maximum Gasteiger partial charge on any atom is 0.177 e. The van der Waals surface area contributed by atoms with Gasteiger partial charge in [-0.25, -0.2) is 0 Å². The Bertz CT molecular complexity index is 167. The highest BCUT2D eigenvalue weighted by Gasteiger charge is 2.08. The van der Waals surface area contributed by atoms with Crippen molar-refractivity contribution in [3.8, 4) is 0 Å². The summed E-state index contributed by atoms with van der Waals surface area (Å²) in [5.41, 5.74) is 0. The normalized spacial score (nSPS) is 20.4. The molecule has 2 heteroatoms. The van der Waals surface area contributed by atoms with E-state index in [-0.39, 0.29) is 6.29 Å². The summed E-state index contributed by atoms with van der Waals surface area (Å²) in [6.07, 6.45) is 11.4. The quantitative estimate of drug-likeness (QED) is 0.622. The first kappa shape index (κ1) is 10.5. The van der Waals surface area contributed by atoms with Crippen LogP contribution in [0.3, 0.4) is 0 Å². The van der Waals surface area contributed by atoms with Crippen LogP contribution in [0.1, 0.15) is 26.2 Å². The first-order valence-corrected chi connectivity index (χ1v) is 5.00. The van der Waals surface area contributed by atoms with Crippen LogP contribution in [0.5, 0.6) is 0 Å². The Balaban J connectivity index is 2.14. The summed E-state index contributed by atoms with van der Waals surface area (Å²) in [5.74, 6) is 0. The van der Waals surface area contributed by atoms with Crippen LogP contribution in [0.25, 0.3) is 0 Å². The topological polar surface area (TPSA) is 18.5 Å². The molecule has 0 aromatic rings. The molecule has 1 aliphatic heterocycles. The molecule has 0 radical (unpaired) electrons. The van der Waals surface area contributed by atoms with Crippen molar-refractivity contribution in [1.82, 2.24) is 0 Å². The largest absolute Gasteiger partial charge is 0.349 e. The average Bonchev–Trinajstić information content (AvgIpc) is 2.19. The molecule has 1 aliphatic rings. The lowest BCUT2D eigenvalue weighted by Gasteiger charge is -2.19. The van der Waals surface area contributed by atoms with E-state index in [0.29, 0.717) is 0 Å². The van der Waals surface area contributed by atoms with Gasteiger partial charge in [0.15, 0.2) is 6.29 Å². The zero-order valence-corrected chi connectivity index (χ0v) is 8.24. The van der Waals surface area contributed by atoms with Gasteiger partial charge in [0.1, 0.15) is 0 Å². The third-order valence-electron chi connectivity index (χ3n) is 1.82. The summed E-state index contributed by atoms with van der Waals surface area (Å²) in [6, 6.07) is 0. The van der Waals surface area contributed by atoms with E-state index >= 15 is 0 Å². The highest BCUT2D eigenvalue weighted by Crippen LogP contribution is 2.05. The molecule has 0 unspecified atom stereocenters. The Morgan fingerprint density at radius 2 is 2.00 bits per heavy atom. The number of hydrogen-bond acceptors (Lipinski definition) is 2. The van der Waals surface area contributed by atoms with E-state index in [4.69, 9.17) is 9.47 Å². The molecule has 0 atom stereocenters. The second kappa shape index (κ2) is 6.87. The SMILES string of the molecule is CCC/C=C/C=C/C1OCCCO1. The van der Waals surface area contributed by atoms with Crippen LogP contribution >= 0.6 is 0 Å². The summed E-state index contributed by atoms with van der Waals surface area (Å²) in [6.45, 7) is 3.79.